The molecule has 4 nitrogen and oxygen atoms in total. The summed E-state index contributed by atoms with van der Waals surface area (Å²) in [6.07, 6.45) is 1.09. The molecule has 0 radical (unpaired) electrons. The molecule has 1 aromatic carbocycles. The molecule has 0 aliphatic carbocycles. The van der Waals surface area contributed by atoms with E-state index < -0.39 is 0 Å². The maximum Gasteiger partial charge on any atom is 0.127 e. The van der Waals surface area contributed by atoms with Crippen molar-refractivity contribution in [2.24, 2.45) is 5.84 Å². The number of hydrogen-bond acceptors (Lipinski definition) is 3. The van der Waals surface area contributed by atoms with Gasteiger partial charge in [-0.1, -0.05) is 17.7 Å². The fourth-order valence-electron chi connectivity index (χ4n) is 2.45. The Morgan fingerprint density at radius 3 is 2.81 bits per heavy atom. The summed E-state index contributed by atoms with van der Waals surface area (Å²) in [5.74, 6) is 5.32. The van der Waals surface area contributed by atoms with Crippen LogP contribution in [0.5, 0.6) is 0 Å². The van der Waals surface area contributed by atoms with E-state index in [1.54, 1.807) is 12.1 Å². The number of benzene rings is 1. The fourth-order valence-corrected chi connectivity index (χ4v) is 2.69. The summed E-state index contributed by atoms with van der Waals surface area (Å²) in [6, 6.07) is 6.61. The van der Waals surface area contributed by atoms with Gasteiger partial charge in [0.1, 0.15) is 5.82 Å². The average molecular weight is 311 g/mol. The van der Waals surface area contributed by atoms with Crippen LogP contribution in [0.25, 0.3) is 0 Å². The van der Waals surface area contributed by atoms with E-state index in [9.17, 15) is 4.39 Å². The molecular formula is C15H20ClFN4. The summed E-state index contributed by atoms with van der Waals surface area (Å²) in [5, 5.41) is 4.83. The second kappa shape index (κ2) is 7.02. The molecule has 0 aliphatic rings. The molecule has 21 heavy (non-hydrogen) atoms. The Hall–Kier alpha value is -1.43. The minimum absolute atomic E-state index is 0.110. The number of hydrazine groups is 1. The number of nitrogens with two attached hydrogens (primary N) is 1. The monoisotopic (exact) mass is 310 g/mol. The highest BCUT2D eigenvalue weighted by molar-refractivity contribution is 6.31. The van der Waals surface area contributed by atoms with E-state index in [1.807, 2.05) is 24.6 Å². The van der Waals surface area contributed by atoms with Gasteiger partial charge in [0.2, 0.25) is 0 Å². The van der Waals surface area contributed by atoms with Crippen molar-refractivity contribution in [1.82, 2.24) is 15.2 Å². The van der Waals surface area contributed by atoms with Crippen molar-refractivity contribution in [3.8, 4) is 0 Å². The topological polar surface area (TPSA) is 55.9 Å². The van der Waals surface area contributed by atoms with Crippen LogP contribution in [0.2, 0.25) is 5.02 Å². The molecule has 1 atom stereocenters. The van der Waals surface area contributed by atoms with E-state index in [0.29, 0.717) is 23.4 Å². The Labute approximate surface area is 129 Å². The summed E-state index contributed by atoms with van der Waals surface area (Å²) in [7, 11) is 0. The molecule has 0 amide bonds. The Morgan fingerprint density at radius 1 is 1.43 bits per heavy atom. The Morgan fingerprint density at radius 2 is 2.19 bits per heavy atom. The van der Waals surface area contributed by atoms with Crippen molar-refractivity contribution in [3.05, 3.63) is 52.1 Å². The first-order valence-corrected chi connectivity index (χ1v) is 7.35. The molecule has 0 bridgehead atoms. The lowest BCUT2D eigenvalue weighted by Crippen LogP contribution is -2.39. The highest BCUT2D eigenvalue weighted by Crippen LogP contribution is 2.21. The van der Waals surface area contributed by atoms with Crippen LogP contribution in [-0.4, -0.2) is 15.8 Å². The molecule has 6 heteroatoms. The number of aryl methyl sites for hydroxylation is 2. The van der Waals surface area contributed by atoms with E-state index in [1.165, 1.54) is 6.07 Å². The molecule has 3 N–H and O–H groups in total. The lowest BCUT2D eigenvalue weighted by Gasteiger charge is -2.17. The third-order valence-corrected chi connectivity index (χ3v) is 3.84. The van der Waals surface area contributed by atoms with Gasteiger partial charge in [0.15, 0.2) is 0 Å². The Bertz CT molecular complexity index is 591. The van der Waals surface area contributed by atoms with Gasteiger partial charge >= 0.3 is 0 Å². The lowest BCUT2D eigenvalue weighted by atomic mass is 10.0. The zero-order chi connectivity index (χ0) is 15.4. The predicted octanol–water partition coefficient (Wildman–Crippen LogP) is 2.62. The van der Waals surface area contributed by atoms with E-state index in [-0.39, 0.29) is 11.9 Å². The summed E-state index contributed by atoms with van der Waals surface area (Å²) in [5.41, 5.74) is 5.27. The number of hydrogen-bond donors (Lipinski definition) is 2. The average Bonchev–Trinajstić information content (AvgIpc) is 2.81. The minimum Gasteiger partial charge on any atom is -0.271 e. The van der Waals surface area contributed by atoms with E-state index in [4.69, 9.17) is 17.4 Å². The number of rotatable bonds is 6. The van der Waals surface area contributed by atoms with Crippen LogP contribution in [0.15, 0.2) is 24.3 Å². The first-order valence-electron chi connectivity index (χ1n) is 6.97. The van der Waals surface area contributed by atoms with Gasteiger partial charge in [-0.25, -0.2) is 4.39 Å². The summed E-state index contributed by atoms with van der Waals surface area (Å²) in [6.45, 7) is 4.78. The Kier molecular flexibility index (Phi) is 5.33. The minimum atomic E-state index is -0.303. The van der Waals surface area contributed by atoms with E-state index in [2.05, 4.69) is 10.5 Å². The lowest BCUT2D eigenvalue weighted by molar-refractivity contribution is 0.485. The van der Waals surface area contributed by atoms with Gasteiger partial charge in [-0.2, -0.15) is 5.10 Å². The third kappa shape index (κ3) is 3.81. The summed E-state index contributed by atoms with van der Waals surface area (Å²) >= 11 is 6.07. The van der Waals surface area contributed by atoms with Crippen molar-refractivity contribution in [1.29, 1.82) is 0 Å². The van der Waals surface area contributed by atoms with Crippen LogP contribution < -0.4 is 11.3 Å². The van der Waals surface area contributed by atoms with Gasteiger partial charge in [-0.05, 0) is 38.5 Å². The van der Waals surface area contributed by atoms with Crippen LogP contribution in [0, 0.1) is 12.7 Å². The number of nitrogens with one attached hydrogen (secondary N) is 1. The molecule has 0 aliphatic heterocycles. The predicted molar refractivity (Wildman–Crippen MR) is 82.6 cm³/mol. The molecule has 2 aromatic rings. The summed E-state index contributed by atoms with van der Waals surface area (Å²) in [4.78, 5) is 0. The van der Waals surface area contributed by atoms with Gasteiger partial charge < -0.3 is 0 Å². The molecule has 0 spiro atoms. The van der Waals surface area contributed by atoms with Crippen LogP contribution in [0.4, 0.5) is 4.39 Å². The van der Waals surface area contributed by atoms with E-state index in [0.717, 1.165) is 17.9 Å². The SMILES string of the molecule is CCn1nc(C)cc1CC(Cc1c(F)cccc1Cl)NN. The molecule has 1 heterocycles. The molecule has 2 rings (SSSR count). The van der Waals surface area contributed by atoms with Crippen LogP contribution in [-0.2, 0) is 19.4 Å². The first-order chi connectivity index (χ1) is 10.0. The molecular weight excluding hydrogens is 291 g/mol. The quantitative estimate of drug-likeness (QED) is 0.637. The van der Waals surface area contributed by atoms with Gasteiger partial charge in [-0.15, -0.1) is 0 Å². The molecule has 1 aromatic heterocycles. The highest BCUT2D eigenvalue weighted by Gasteiger charge is 2.16. The highest BCUT2D eigenvalue weighted by atomic mass is 35.5. The largest absolute Gasteiger partial charge is 0.271 e. The molecule has 1 unspecified atom stereocenters. The van der Waals surface area contributed by atoms with Gasteiger partial charge in [-0.3, -0.25) is 16.0 Å². The van der Waals surface area contributed by atoms with Crippen molar-refractivity contribution in [2.45, 2.75) is 39.3 Å². The first kappa shape index (κ1) is 15.9. The van der Waals surface area contributed by atoms with Crippen molar-refractivity contribution >= 4 is 11.6 Å². The Balaban J connectivity index is 2.17. The second-order valence-electron chi connectivity index (χ2n) is 5.06. The van der Waals surface area contributed by atoms with Crippen molar-refractivity contribution < 1.29 is 4.39 Å². The van der Waals surface area contributed by atoms with Crippen LogP contribution in [0.1, 0.15) is 23.9 Å². The van der Waals surface area contributed by atoms with Crippen LogP contribution in [0.3, 0.4) is 0 Å². The summed E-state index contributed by atoms with van der Waals surface area (Å²) < 4.78 is 15.8. The normalized spacial score (nSPS) is 12.6. The van der Waals surface area contributed by atoms with E-state index >= 15 is 0 Å². The smallest absolute Gasteiger partial charge is 0.127 e. The maximum atomic E-state index is 13.9. The van der Waals surface area contributed by atoms with Gasteiger partial charge in [0, 0.05) is 35.3 Å². The van der Waals surface area contributed by atoms with Crippen LogP contribution >= 0.6 is 11.6 Å². The van der Waals surface area contributed by atoms with Crippen molar-refractivity contribution in [2.75, 3.05) is 0 Å². The van der Waals surface area contributed by atoms with Crippen molar-refractivity contribution in [3.63, 3.8) is 0 Å². The number of halogens is 2. The maximum absolute atomic E-state index is 13.9. The van der Waals surface area contributed by atoms with Gasteiger partial charge in [0.25, 0.3) is 0 Å². The third-order valence-electron chi connectivity index (χ3n) is 3.49. The zero-order valence-corrected chi connectivity index (χ0v) is 13.0. The van der Waals surface area contributed by atoms with Gasteiger partial charge in [0.05, 0.1) is 5.69 Å². The standard InChI is InChI=1S/C15H20ClFN4/c1-3-21-12(7-10(2)20-21)8-11(19-18)9-13-14(16)5-4-6-15(13)17/h4-7,11,19H,3,8-9,18H2,1-2H3. The molecule has 0 saturated carbocycles. The molecule has 0 fully saturated rings. The fraction of sp³-hybridized carbons (Fsp3) is 0.400. The second-order valence-corrected chi connectivity index (χ2v) is 5.47. The molecule has 0 saturated heterocycles. The zero-order valence-electron chi connectivity index (χ0n) is 12.2. The number of aromatic nitrogens is 2. The number of nitrogens with zero attached hydrogens (tertiary/aromatic N) is 2. The molecule has 114 valence electrons.